The first-order chi connectivity index (χ1) is 16.8. The van der Waals surface area contributed by atoms with E-state index in [0.29, 0.717) is 6.54 Å². The fourth-order valence-corrected chi connectivity index (χ4v) is 6.10. The molecule has 1 N–H and O–H groups in total. The summed E-state index contributed by atoms with van der Waals surface area (Å²) in [7, 11) is 0. The lowest BCUT2D eigenvalue weighted by molar-refractivity contribution is 0.0777. The van der Waals surface area contributed by atoms with E-state index >= 15 is 0 Å². The summed E-state index contributed by atoms with van der Waals surface area (Å²) in [6.07, 6.45) is 5.17. The van der Waals surface area contributed by atoms with Gasteiger partial charge in [-0.15, -0.1) is 11.3 Å². The molecule has 4 aromatic rings. The van der Waals surface area contributed by atoms with E-state index in [1.807, 2.05) is 17.0 Å². The first-order valence-corrected chi connectivity index (χ1v) is 12.7. The molecule has 2 aromatic carbocycles. The van der Waals surface area contributed by atoms with Gasteiger partial charge in [-0.3, -0.25) is 4.79 Å². The number of para-hydroxylation sites is 1. The Labute approximate surface area is 203 Å². The van der Waals surface area contributed by atoms with Gasteiger partial charge in [0.1, 0.15) is 0 Å². The second-order valence-electron chi connectivity index (χ2n) is 8.77. The third kappa shape index (κ3) is 3.93. The molecule has 2 aliphatic rings. The van der Waals surface area contributed by atoms with Crippen molar-refractivity contribution in [1.82, 2.24) is 9.88 Å². The monoisotopic (exact) mass is 469 g/mol. The molecule has 0 atom stereocenters. The maximum Gasteiger partial charge on any atom is 0.264 e. The van der Waals surface area contributed by atoms with Crippen LogP contribution in [0.5, 0.6) is 0 Å². The number of morpholine rings is 1. The predicted molar refractivity (Wildman–Crippen MR) is 140 cm³/mol. The highest BCUT2D eigenvalue weighted by Gasteiger charge is 2.26. The number of aromatic amines is 1. The van der Waals surface area contributed by atoms with Crippen molar-refractivity contribution < 1.29 is 9.53 Å². The van der Waals surface area contributed by atoms with Crippen LogP contribution in [0.2, 0.25) is 0 Å². The minimum absolute atomic E-state index is 0.121. The maximum absolute atomic E-state index is 13.5. The fourth-order valence-electron chi connectivity index (χ4n) is 4.90. The van der Waals surface area contributed by atoms with E-state index in [1.54, 1.807) is 11.3 Å². The number of nitrogens with one attached hydrogen (secondary N) is 1. The highest BCUT2D eigenvalue weighted by molar-refractivity contribution is 7.18. The number of H-pyrrole nitrogens is 1. The van der Waals surface area contributed by atoms with E-state index in [2.05, 4.69) is 70.7 Å². The summed E-state index contributed by atoms with van der Waals surface area (Å²) >= 11 is 1.62. The third-order valence-electron chi connectivity index (χ3n) is 6.74. The van der Waals surface area contributed by atoms with Crippen LogP contribution in [0.1, 0.15) is 21.7 Å². The molecule has 172 valence electrons. The Balaban J connectivity index is 1.26. The van der Waals surface area contributed by atoms with Gasteiger partial charge in [-0.1, -0.05) is 54.6 Å². The lowest BCUT2D eigenvalue weighted by Crippen LogP contribution is -2.36. The maximum atomic E-state index is 13.5. The quantitative estimate of drug-likeness (QED) is 0.419. The molecule has 0 bridgehead atoms. The molecule has 1 saturated heterocycles. The summed E-state index contributed by atoms with van der Waals surface area (Å²) in [5.74, 6) is 0.121. The largest absolute Gasteiger partial charge is 0.378 e. The van der Waals surface area contributed by atoms with Crippen molar-refractivity contribution in [2.45, 2.75) is 6.42 Å². The number of rotatable bonds is 4. The van der Waals surface area contributed by atoms with E-state index in [-0.39, 0.29) is 5.91 Å². The van der Waals surface area contributed by atoms with Crippen LogP contribution in [0.15, 0.2) is 72.9 Å². The fraction of sp³-hybridized carbons (Fsp3) is 0.250. The minimum Gasteiger partial charge on any atom is -0.378 e. The van der Waals surface area contributed by atoms with Gasteiger partial charge in [0.2, 0.25) is 0 Å². The van der Waals surface area contributed by atoms with Crippen molar-refractivity contribution in [3.05, 3.63) is 83.4 Å². The van der Waals surface area contributed by atoms with Crippen molar-refractivity contribution in [2.75, 3.05) is 44.3 Å². The van der Waals surface area contributed by atoms with Gasteiger partial charge in [-0.25, -0.2) is 0 Å². The number of carbonyl (C=O) groups excluding carboxylic acids is 1. The second kappa shape index (κ2) is 9.12. The standard InChI is InChI=1S/C28H27N3O2S/c32-27(30-12-10-21(11-13-30)24-19-29-25-9-5-4-8-22(24)25)26-18-23(20-6-2-1-3-7-20)28(34-26)31-14-16-33-17-15-31/h1-10,18-19,29H,11-17H2. The molecule has 34 heavy (non-hydrogen) atoms. The second-order valence-corrected chi connectivity index (χ2v) is 9.80. The number of hydrogen-bond donors (Lipinski definition) is 1. The highest BCUT2D eigenvalue weighted by Crippen LogP contribution is 2.40. The summed E-state index contributed by atoms with van der Waals surface area (Å²) in [6, 6.07) is 20.9. The zero-order chi connectivity index (χ0) is 22.9. The van der Waals surface area contributed by atoms with E-state index < -0.39 is 0 Å². The molecule has 0 radical (unpaired) electrons. The number of ether oxygens (including phenoxy) is 1. The van der Waals surface area contributed by atoms with Crippen LogP contribution < -0.4 is 4.90 Å². The van der Waals surface area contributed by atoms with E-state index in [0.717, 1.165) is 60.8 Å². The van der Waals surface area contributed by atoms with Gasteiger partial charge in [-0.2, -0.15) is 0 Å². The van der Waals surface area contributed by atoms with Gasteiger partial charge >= 0.3 is 0 Å². The molecular weight excluding hydrogens is 442 g/mol. The van der Waals surface area contributed by atoms with E-state index in [4.69, 9.17) is 4.74 Å². The van der Waals surface area contributed by atoms with Crippen LogP contribution >= 0.6 is 11.3 Å². The third-order valence-corrected chi connectivity index (χ3v) is 7.92. The van der Waals surface area contributed by atoms with Crippen molar-refractivity contribution in [3.63, 3.8) is 0 Å². The van der Waals surface area contributed by atoms with Crippen molar-refractivity contribution >= 4 is 38.7 Å². The van der Waals surface area contributed by atoms with Crippen molar-refractivity contribution in [1.29, 1.82) is 0 Å². The van der Waals surface area contributed by atoms with E-state index in [9.17, 15) is 4.79 Å². The Morgan fingerprint density at radius 3 is 2.53 bits per heavy atom. The number of aromatic nitrogens is 1. The summed E-state index contributed by atoms with van der Waals surface area (Å²) < 4.78 is 5.56. The Morgan fingerprint density at radius 1 is 0.941 bits per heavy atom. The topological polar surface area (TPSA) is 48.6 Å². The highest BCUT2D eigenvalue weighted by atomic mass is 32.1. The number of benzene rings is 2. The first kappa shape index (κ1) is 21.2. The van der Waals surface area contributed by atoms with Crippen LogP contribution in [0.3, 0.4) is 0 Å². The van der Waals surface area contributed by atoms with Crippen LogP contribution in [-0.2, 0) is 4.74 Å². The summed E-state index contributed by atoms with van der Waals surface area (Å²) in [4.78, 5) is 22.1. The van der Waals surface area contributed by atoms with Gasteiger partial charge in [-0.05, 0) is 29.7 Å². The SMILES string of the molecule is O=C(c1cc(-c2ccccc2)c(N2CCOCC2)s1)N1CC=C(c2c[nH]c3ccccc23)CC1. The average Bonchev–Trinajstić information content (AvgIpc) is 3.55. The molecule has 5 nitrogen and oxygen atoms in total. The van der Waals surface area contributed by atoms with Crippen molar-refractivity contribution in [3.8, 4) is 11.1 Å². The zero-order valence-electron chi connectivity index (χ0n) is 19.0. The number of carbonyl (C=O) groups is 1. The molecule has 0 saturated carbocycles. The van der Waals surface area contributed by atoms with Crippen molar-refractivity contribution in [2.24, 2.45) is 0 Å². The normalized spacial score (nSPS) is 16.6. The number of hydrogen-bond acceptors (Lipinski definition) is 4. The molecule has 1 fully saturated rings. The molecule has 0 aliphatic carbocycles. The van der Waals surface area contributed by atoms with Gasteiger partial charge in [0.25, 0.3) is 5.91 Å². The average molecular weight is 470 g/mol. The number of thiophene rings is 1. The molecule has 4 heterocycles. The molecule has 0 spiro atoms. The Hall–Kier alpha value is -3.35. The van der Waals surface area contributed by atoms with E-state index in [1.165, 1.54) is 21.5 Å². The molecule has 0 unspecified atom stereocenters. The molecule has 2 aromatic heterocycles. The Kier molecular flexibility index (Phi) is 5.69. The summed E-state index contributed by atoms with van der Waals surface area (Å²) in [6.45, 7) is 4.53. The Morgan fingerprint density at radius 2 is 1.74 bits per heavy atom. The summed E-state index contributed by atoms with van der Waals surface area (Å²) in [5.41, 5.74) is 6.01. The van der Waals surface area contributed by atoms with Crippen LogP contribution in [0.25, 0.3) is 27.6 Å². The van der Waals surface area contributed by atoms with Gasteiger partial charge in [0.15, 0.2) is 0 Å². The number of amides is 1. The van der Waals surface area contributed by atoms with Crippen LogP contribution in [0, 0.1) is 0 Å². The summed E-state index contributed by atoms with van der Waals surface area (Å²) in [5, 5.41) is 2.42. The Bertz CT molecular complexity index is 1350. The molecule has 6 heteroatoms. The molecule has 1 amide bonds. The van der Waals surface area contributed by atoms with Gasteiger partial charge in [0.05, 0.1) is 23.1 Å². The van der Waals surface area contributed by atoms with Gasteiger partial charge in [0, 0.05) is 54.4 Å². The zero-order valence-corrected chi connectivity index (χ0v) is 19.8. The van der Waals surface area contributed by atoms with Crippen LogP contribution in [-0.4, -0.2) is 55.2 Å². The van der Waals surface area contributed by atoms with Crippen LogP contribution in [0.4, 0.5) is 5.00 Å². The molecular formula is C28H27N3O2S. The first-order valence-electron chi connectivity index (χ1n) is 11.8. The number of fused-ring (bicyclic) bond motifs is 1. The lowest BCUT2D eigenvalue weighted by Gasteiger charge is -2.28. The molecule has 6 rings (SSSR count). The molecule has 2 aliphatic heterocycles. The number of nitrogens with zero attached hydrogens (tertiary/aromatic N) is 2. The van der Waals surface area contributed by atoms with Gasteiger partial charge < -0.3 is 19.5 Å². The lowest BCUT2D eigenvalue weighted by atomic mass is 9.99. The smallest absolute Gasteiger partial charge is 0.264 e. The minimum atomic E-state index is 0.121. The number of anilines is 1. The predicted octanol–water partition coefficient (Wildman–Crippen LogP) is 5.66.